The van der Waals surface area contributed by atoms with Crippen molar-refractivity contribution in [3.05, 3.63) is 39.4 Å². The Kier molecular flexibility index (Phi) is 5.92. The van der Waals surface area contributed by atoms with Gasteiger partial charge in [-0.15, -0.1) is 11.3 Å². The summed E-state index contributed by atoms with van der Waals surface area (Å²) in [7, 11) is -2.21. The number of amides is 1. The topological polar surface area (TPSA) is 106 Å². The Morgan fingerprint density at radius 1 is 1.32 bits per heavy atom. The normalized spacial score (nSPS) is 15.9. The number of ether oxygens (including phenoxy) is 1. The molecule has 0 bridgehead atoms. The molecule has 1 N–H and O–H groups in total. The number of methoxy groups -OCH3 is 1. The van der Waals surface area contributed by atoms with Gasteiger partial charge in [-0.1, -0.05) is 11.6 Å². The second kappa shape index (κ2) is 8.06. The predicted molar refractivity (Wildman–Crippen MR) is 108 cm³/mol. The van der Waals surface area contributed by atoms with Crippen LogP contribution < -0.4 is 9.62 Å². The summed E-state index contributed by atoms with van der Waals surface area (Å²) >= 11 is 7.34. The van der Waals surface area contributed by atoms with E-state index in [2.05, 4.69) is 15.0 Å². The Labute approximate surface area is 171 Å². The number of nitrogens with one attached hydrogen (secondary N) is 1. The number of aromatic nitrogens is 1. The molecule has 1 fully saturated rings. The zero-order valence-corrected chi connectivity index (χ0v) is 17.6. The number of thiazole rings is 1. The third-order valence-corrected chi connectivity index (χ3v) is 7.28. The van der Waals surface area contributed by atoms with E-state index in [0.717, 1.165) is 17.8 Å². The first kappa shape index (κ1) is 20.6. The van der Waals surface area contributed by atoms with E-state index in [1.165, 1.54) is 29.6 Å². The van der Waals surface area contributed by atoms with Gasteiger partial charge in [-0.2, -0.15) is 0 Å². The van der Waals surface area contributed by atoms with Crippen LogP contribution >= 0.6 is 22.9 Å². The summed E-state index contributed by atoms with van der Waals surface area (Å²) in [5.41, 5.74) is 0.645. The highest BCUT2D eigenvalue weighted by Gasteiger charge is 2.28. The summed E-state index contributed by atoms with van der Waals surface area (Å²) in [5.74, 6) is -1.02. The number of nitrogens with zero attached hydrogens (tertiary/aromatic N) is 2. The number of sulfonamides is 1. The fourth-order valence-electron chi connectivity index (χ4n) is 2.81. The second-order valence-electron chi connectivity index (χ2n) is 6.13. The van der Waals surface area contributed by atoms with Crippen molar-refractivity contribution in [2.45, 2.75) is 19.8 Å². The van der Waals surface area contributed by atoms with E-state index >= 15 is 0 Å². The van der Waals surface area contributed by atoms with E-state index in [9.17, 15) is 18.0 Å². The molecule has 0 spiro atoms. The van der Waals surface area contributed by atoms with Gasteiger partial charge in [0.25, 0.3) is 5.91 Å². The largest absolute Gasteiger partial charge is 0.464 e. The van der Waals surface area contributed by atoms with Crippen LogP contribution in [0.5, 0.6) is 0 Å². The van der Waals surface area contributed by atoms with E-state index in [-0.39, 0.29) is 32.9 Å². The molecule has 1 saturated heterocycles. The molecule has 0 saturated carbocycles. The molecule has 1 amide bonds. The number of hydrogen-bond acceptors (Lipinski definition) is 7. The van der Waals surface area contributed by atoms with Gasteiger partial charge >= 0.3 is 5.97 Å². The summed E-state index contributed by atoms with van der Waals surface area (Å²) in [6.45, 7) is 2.02. The van der Waals surface area contributed by atoms with Gasteiger partial charge in [0, 0.05) is 17.0 Å². The molecule has 1 aliphatic heterocycles. The molecule has 1 aliphatic rings. The lowest BCUT2D eigenvalue weighted by atomic mass is 10.2. The number of rotatable bonds is 4. The fourth-order valence-corrected chi connectivity index (χ4v) is 5.52. The van der Waals surface area contributed by atoms with Crippen molar-refractivity contribution in [1.82, 2.24) is 4.98 Å². The van der Waals surface area contributed by atoms with Gasteiger partial charge in [0.2, 0.25) is 10.0 Å². The molecule has 2 aromatic rings. The van der Waals surface area contributed by atoms with Crippen molar-refractivity contribution in [2.75, 3.05) is 29.0 Å². The number of benzene rings is 1. The molecule has 0 atom stereocenters. The molecule has 1 aromatic carbocycles. The minimum absolute atomic E-state index is 0.0500. The summed E-state index contributed by atoms with van der Waals surface area (Å²) in [6.07, 6.45) is 1.32. The maximum atomic E-state index is 12.6. The number of carbonyl (C=O) groups excluding carboxylic acids is 2. The third-order valence-electron chi connectivity index (χ3n) is 4.22. The summed E-state index contributed by atoms with van der Waals surface area (Å²) in [4.78, 5) is 29.0. The van der Waals surface area contributed by atoms with Gasteiger partial charge in [-0.3, -0.25) is 14.4 Å². The highest BCUT2D eigenvalue weighted by atomic mass is 35.5. The van der Waals surface area contributed by atoms with E-state index in [4.69, 9.17) is 11.6 Å². The standard InChI is InChI=1S/C17H18ClN3O5S2/c1-10-14(16(23)26-2)19-17(27-10)20-15(22)11-5-6-12(18)13(9-11)21-7-3-4-8-28(21,24)25/h5-6,9H,3-4,7-8H2,1-2H3,(H,19,20,22). The molecule has 0 radical (unpaired) electrons. The smallest absolute Gasteiger partial charge is 0.357 e. The lowest BCUT2D eigenvalue weighted by Crippen LogP contribution is -2.38. The summed E-state index contributed by atoms with van der Waals surface area (Å²) in [5, 5.41) is 3.11. The maximum Gasteiger partial charge on any atom is 0.357 e. The average Bonchev–Trinajstić information content (AvgIpc) is 3.01. The Morgan fingerprint density at radius 3 is 2.75 bits per heavy atom. The summed E-state index contributed by atoms with van der Waals surface area (Å²) in [6, 6.07) is 4.44. The zero-order valence-electron chi connectivity index (χ0n) is 15.2. The van der Waals surface area contributed by atoms with Crippen LogP contribution in [0.2, 0.25) is 5.02 Å². The molecule has 8 nitrogen and oxygen atoms in total. The van der Waals surface area contributed by atoms with Crippen LogP contribution in [0, 0.1) is 6.92 Å². The molecule has 2 heterocycles. The number of halogens is 1. The Balaban J connectivity index is 1.86. The van der Waals surface area contributed by atoms with Crippen molar-refractivity contribution in [2.24, 2.45) is 0 Å². The summed E-state index contributed by atoms with van der Waals surface area (Å²) < 4.78 is 30.6. The van der Waals surface area contributed by atoms with Crippen molar-refractivity contribution in [1.29, 1.82) is 0 Å². The molecule has 0 unspecified atom stereocenters. The Bertz CT molecular complexity index is 1040. The van der Waals surface area contributed by atoms with Crippen molar-refractivity contribution < 1.29 is 22.7 Å². The highest BCUT2D eigenvalue weighted by Crippen LogP contribution is 2.32. The molecule has 0 aliphatic carbocycles. The van der Waals surface area contributed by atoms with Gasteiger partial charge in [-0.05, 0) is 38.0 Å². The van der Waals surface area contributed by atoms with Gasteiger partial charge in [0.05, 0.1) is 23.6 Å². The Morgan fingerprint density at radius 2 is 2.07 bits per heavy atom. The lowest BCUT2D eigenvalue weighted by molar-refractivity contribution is 0.0594. The predicted octanol–water partition coefficient (Wildman–Crippen LogP) is 3.07. The molecular weight excluding hydrogens is 426 g/mol. The highest BCUT2D eigenvalue weighted by molar-refractivity contribution is 7.92. The van der Waals surface area contributed by atoms with Gasteiger partial charge in [-0.25, -0.2) is 18.2 Å². The molecule has 1 aromatic heterocycles. The van der Waals surface area contributed by atoms with Gasteiger partial charge in [0.15, 0.2) is 10.8 Å². The first-order valence-electron chi connectivity index (χ1n) is 8.40. The number of aryl methyl sites for hydroxylation is 1. The molecule has 3 rings (SSSR count). The Hall–Kier alpha value is -2.17. The van der Waals surface area contributed by atoms with E-state index < -0.39 is 21.9 Å². The zero-order chi connectivity index (χ0) is 20.5. The number of esters is 1. The average molecular weight is 444 g/mol. The molecular formula is C17H18ClN3O5S2. The van der Waals surface area contributed by atoms with Crippen molar-refractivity contribution >= 4 is 55.7 Å². The number of carbonyl (C=O) groups is 2. The van der Waals surface area contributed by atoms with E-state index in [0.29, 0.717) is 17.8 Å². The van der Waals surface area contributed by atoms with E-state index in [1.807, 2.05) is 0 Å². The second-order valence-corrected chi connectivity index (χ2v) is 9.75. The lowest BCUT2D eigenvalue weighted by Gasteiger charge is -2.29. The van der Waals surface area contributed by atoms with Crippen LogP contribution in [0.3, 0.4) is 0 Å². The first-order chi connectivity index (χ1) is 13.2. The van der Waals surface area contributed by atoms with Crippen LogP contribution in [-0.4, -0.2) is 44.7 Å². The van der Waals surface area contributed by atoms with Crippen molar-refractivity contribution in [3.63, 3.8) is 0 Å². The molecule has 28 heavy (non-hydrogen) atoms. The van der Waals surface area contributed by atoms with Gasteiger partial charge < -0.3 is 4.74 Å². The third kappa shape index (κ3) is 4.13. The van der Waals surface area contributed by atoms with Gasteiger partial charge in [0.1, 0.15) is 0 Å². The SMILES string of the molecule is COC(=O)c1nc(NC(=O)c2ccc(Cl)c(N3CCCCS3(=O)=O)c2)sc1C. The van der Waals surface area contributed by atoms with Crippen LogP contribution in [-0.2, 0) is 14.8 Å². The van der Waals surface area contributed by atoms with Crippen LogP contribution in [0.4, 0.5) is 10.8 Å². The number of anilines is 2. The monoisotopic (exact) mass is 443 g/mol. The van der Waals surface area contributed by atoms with Crippen LogP contribution in [0.15, 0.2) is 18.2 Å². The fraction of sp³-hybridized carbons (Fsp3) is 0.353. The number of hydrogen-bond donors (Lipinski definition) is 1. The molecule has 11 heteroatoms. The first-order valence-corrected chi connectivity index (χ1v) is 11.2. The minimum Gasteiger partial charge on any atom is -0.464 e. The molecule has 150 valence electrons. The van der Waals surface area contributed by atoms with Crippen molar-refractivity contribution in [3.8, 4) is 0 Å². The minimum atomic E-state index is -3.46. The maximum absolute atomic E-state index is 12.6. The quantitative estimate of drug-likeness (QED) is 0.728. The van der Waals surface area contributed by atoms with Crippen LogP contribution in [0.25, 0.3) is 0 Å². The van der Waals surface area contributed by atoms with E-state index in [1.54, 1.807) is 6.92 Å². The van der Waals surface area contributed by atoms with Crippen LogP contribution in [0.1, 0.15) is 38.6 Å².